The highest BCUT2D eigenvalue weighted by Gasteiger charge is 2.50. The van der Waals surface area contributed by atoms with E-state index in [4.69, 9.17) is 19.5 Å². The minimum Gasteiger partial charge on any atom is -0.386 e. The van der Waals surface area contributed by atoms with Gasteiger partial charge in [0.1, 0.15) is 42.0 Å². The van der Waals surface area contributed by atoms with E-state index >= 15 is 0 Å². The van der Waals surface area contributed by atoms with Crippen molar-refractivity contribution in [3.05, 3.63) is 49.1 Å². The molecular formula is C35H54N7O18P3S. The number of phosphoric ester groups is 3. The predicted octanol–water partition coefficient (Wildman–Crippen LogP) is 1.87. The van der Waals surface area contributed by atoms with Gasteiger partial charge >= 0.3 is 23.5 Å². The van der Waals surface area contributed by atoms with Gasteiger partial charge in [0, 0.05) is 37.1 Å². The number of ketones is 1. The zero-order valence-electron chi connectivity index (χ0n) is 35.0. The van der Waals surface area contributed by atoms with Crippen molar-refractivity contribution in [2.75, 3.05) is 37.8 Å². The molecule has 1 aliphatic rings. The summed E-state index contributed by atoms with van der Waals surface area (Å²) in [5.41, 5.74) is 4.22. The molecule has 1 saturated heterocycles. The smallest absolute Gasteiger partial charge is 0.386 e. The van der Waals surface area contributed by atoms with Gasteiger partial charge in [-0.25, -0.2) is 28.6 Å². The number of nitrogens with zero attached hydrogens (tertiary/aromatic N) is 4. The summed E-state index contributed by atoms with van der Waals surface area (Å²) in [6, 6.07) is 0. The lowest BCUT2D eigenvalue weighted by molar-refractivity contribution is -0.137. The fourth-order valence-electron chi connectivity index (χ4n) is 5.50. The second-order valence-electron chi connectivity index (χ2n) is 14.5. The lowest BCUT2D eigenvalue weighted by Crippen LogP contribution is -2.46. The largest absolute Gasteiger partial charge is 0.481 e. The van der Waals surface area contributed by atoms with Gasteiger partial charge in [-0.3, -0.25) is 37.3 Å². The number of amides is 2. The lowest BCUT2D eigenvalue weighted by atomic mass is 9.87. The van der Waals surface area contributed by atoms with E-state index in [1.165, 1.54) is 13.8 Å². The Balaban J connectivity index is 1.38. The number of nitrogens with one attached hydrogen (secondary N) is 2. The van der Waals surface area contributed by atoms with Crippen LogP contribution in [0.1, 0.15) is 65.5 Å². The molecule has 2 unspecified atom stereocenters. The van der Waals surface area contributed by atoms with Gasteiger partial charge < -0.3 is 50.9 Å². The van der Waals surface area contributed by atoms with Crippen molar-refractivity contribution in [3.63, 3.8) is 0 Å². The number of carbonyl (C=O) groups excluding carboxylic acids is 4. The van der Waals surface area contributed by atoms with E-state index in [1.54, 1.807) is 6.08 Å². The number of rotatable bonds is 28. The number of fused-ring (bicyclic) bond motifs is 1. The molecule has 358 valence electrons. The van der Waals surface area contributed by atoms with Gasteiger partial charge in [0.15, 0.2) is 22.8 Å². The first-order valence-corrected chi connectivity index (χ1v) is 25.0. The third kappa shape index (κ3) is 18.7. The predicted molar refractivity (Wildman–Crippen MR) is 228 cm³/mol. The highest BCUT2D eigenvalue weighted by molar-refractivity contribution is 8.13. The zero-order valence-corrected chi connectivity index (χ0v) is 38.5. The summed E-state index contributed by atoms with van der Waals surface area (Å²) < 4.78 is 62.2. The summed E-state index contributed by atoms with van der Waals surface area (Å²) in [4.78, 5) is 100. The van der Waals surface area contributed by atoms with Gasteiger partial charge in [0.2, 0.25) is 11.8 Å². The number of anilines is 1. The molecule has 29 heteroatoms. The molecular weight excluding hydrogens is 931 g/mol. The molecule has 3 rings (SSSR count). The van der Waals surface area contributed by atoms with Gasteiger partial charge in [-0.05, 0) is 19.3 Å². The third-order valence-corrected chi connectivity index (χ3v) is 12.7. The molecule has 2 amide bonds. The van der Waals surface area contributed by atoms with Gasteiger partial charge in [-0.1, -0.05) is 69.0 Å². The van der Waals surface area contributed by atoms with E-state index in [9.17, 15) is 62.7 Å². The summed E-state index contributed by atoms with van der Waals surface area (Å²) in [6.07, 6.45) is 7.05. The number of nitrogens with two attached hydrogens (primary N) is 1. The van der Waals surface area contributed by atoms with Crippen LogP contribution in [-0.4, -0.2) is 128 Å². The Labute approximate surface area is 371 Å². The SMILES string of the molecule is CC/C=C\C/C=C\C/C=C\CC(=O)CC(=O)SCCNC(=O)CCNC(=O)[C@H](O)C(C)(C)COP(=O)(O)OP(=O)(O)OC[C@H]1O[C@@H](n2cnc3c(N)ncnc32)[C@H](O)[C@@H]1OP(=O)(O)O. The number of ether oxygens (including phenoxy) is 1. The molecule has 10 N–H and O–H groups in total. The van der Waals surface area contributed by atoms with Crippen LogP contribution in [0.3, 0.4) is 0 Å². The van der Waals surface area contributed by atoms with Crippen LogP contribution in [0.2, 0.25) is 0 Å². The zero-order chi connectivity index (χ0) is 47.7. The minimum absolute atomic E-state index is 0.0229. The van der Waals surface area contributed by atoms with Crippen LogP contribution >= 0.6 is 35.2 Å². The number of Topliss-reactive ketones (excluding diaryl/α,β-unsaturated/α-hetero) is 1. The molecule has 3 heterocycles. The van der Waals surface area contributed by atoms with Crippen molar-refractivity contribution in [3.8, 4) is 0 Å². The van der Waals surface area contributed by atoms with Gasteiger partial charge in [-0.2, -0.15) is 4.31 Å². The van der Waals surface area contributed by atoms with Crippen LogP contribution in [0, 0.1) is 5.41 Å². The molecule has 0 aromatic carbocycles. The molecule has 0 aliphatic carbocycles. The number of carbonyl (C=O) groups is 4. The number of allylic oxidation sites excluding steroid dienone is 6. The van der Waals surface area contributed by atoms with E-state index in [0.717, 1.165) is 41.8 Å². The van der Waals surface area contributed by atoms with Gasteiger partial charge in [-0.15, -0.1) is 0 Å². The quantitative estimate of drug-likeness (QED) is 0.0254. The second kappa shape index (κ2) is 25.4. The third-order valence-electron chi connectivity index (χ3n) is 8.73. The average Bonchev–Trinajstić information content (AvgIpc) is 3.76. The molecule has 0 saturated carbocycles. The average molecular weight is 986 g/mol. The number of aliphatic hydroxyl groups is 2. The normalized spacial score (nSPS) is 20.8. The van der Waals surface area contributed by atoms with Gasteiger partial charge in [0.25, 0.3) is 0 Å². The highest BCUT2D eigenvalue weighted by atomic mass is 32.2. The standard InChI is InChI=1S/C35H54N7O18P3S/c1-4-5-6-7-8-9-10-11-12-13-23(43)18-26(45)64-17-16-37-25(44)14-15-38-33(48)30(47)35(2,3)20-57-63(54,55)60-62(52,53)56-19-24-29(59-61(49,50)51)28(46)34(58-24)42-22-41-27-31(36)39-21-40-32(27)42/h5-6,8-9,11-12,21-22,24,28-30,34,46-47H,4,7,10,13-20H2,1-3H3,(H,37,44)(H,38,48)(H,52,53)(H,54,55)(H2,36,39,40)(H2,49,50,51)/b6-5-,9-8-,12-11-/t24-,28-,29-,30+,34-/m1/s1. The van der Waals surface area contributed by atoms with Gasteiger partial charge in [0.05, 0.1) is 26.0 Å². The fraction of sp³-hybridized carbons (Fsp3) is 0.571. The maximum absolute atomic E-state index is 12.7. The molecule has 0 radical (unpaired) electrons. The van der Waals surface area contributed by atoms with Crippen LogP contribution in [0.5, 0.6) is 0 Å². The summed E-state index contributed by atoms with van der Waals surface area (Å²) in [6.45, 7) is 2.33. The van der Waals surface area contributed by atoms with E-state index < -0.39 is 84.6 Å². The van der Waals surface area contributed by atoms with Crippen molar-refractivity contribution in [2.24, 2.45) is 5.41 Å². The Kier molecular flexibility index (Phi) is 21.7. The summed E-state index contributed by atoms with van der Waals surface area (Å²) in [5.74, 6) is -1.58. The fourth-order valence-corrected chi connectivity index (χ4v) is 9.03. The Morgan fingerprint density at radius 3 is 2.30 bits per heavy atom. The van der Waals surface area contributed by atoms with E-state index in [-0.39, 0.29) is 66.0 Å². The summed E-state index contributed by atoms with van der Waals surface area (Å²) in [5, 5.41) is 26.1. The van der Waals surface area contributed by atoms with Crippen LogP contribution in [-0.2, 0) is 55.5 Å². The van der Waals surface area contributed by atoms with Crippen LogP contribution in [0.25, 0.3) is 11.2 Å². The first-order chi connectivity index (χ1) is 29.9. The van der Waals surface area contributed by atoms with Crippen LogP contribution < -0.4 is 16.4 Å². The molecule has 0 bridgehead atoms. The maximum Gasteiger partial charge on any atom is 0.481 e. The summed E-state index contributed by atoms with van der Waals surface area (Å²) >= 11 is 0.893. The first-order valence-electron chi connectivity index (χ1n) is 19.5. The molecule has 25 nitrogen and oxygen atoms in total. The minimum atomic E-state index is -5.59. The number of thioether (sulfide) groups is 1. The van der Waals surface area contributed by atoms with E-state index in [1.807, 2.05) is 18.2 Å². The number of hydrogen-bond acceptors (Lipinski definition) is 19. The van der Waals surface area contributed by atoms with Crippen LogP contribution in [0.4, 0.5) is 5.82 Å². The van der Waals surface area contributed by atoms with Crippen molar-refractivity contribution in [1.82, 2.24) is 30.2 Å². The molecule has 0 spiro atoms. The second-order valence-corrected chi connectivity index (χ2v) is 19.9. The maximum atomic E-state index is 12.7. The Hall–Kier alpha value is -3.55. The first kappa shape index (κ1) is 54.8. The molecule has 2 aromatic heterocycles. The van der Waals surface area contributed by atoms with Crippen LogP contribution in [0.15, 0.2) is 49.1 Å². The topological polar surface area (TPSA) is 381 Å². The molecule has 2 aromatic rings. The molecule has 7 atom stereocenters. The Morgan fingerprint density at radius 2 is 1.62 bits per heavy atom. The molecule has 1 aliphatic heterocycles. The highest BCUT2D eigenvalue weighted by Crippen LogP contribution is 2.61. The number of aliphatic hydroxyl groups excluding tert-OH is 2. The lowest BCUT2D eigenvalue weighted by Gasteiger charge is -2.30. The monoisotopic (exact) mass is 985 g/mol. The van der Waals surface area contributed by atoms with E-state index in [0.29, 0.717) is 6.42 Å². The Bertz CT molecular complexity index is 2150. The molecule has 64 heavy (non-hydrogen) atoms. The Morgan fingerprint density at radius 1 is 0.969 bits per heavy atom. The number of hydrogen-bond donors (Lipinski definition) is 9. The van der Waals surface area contributed by atoms with Crippen molar-refractivity contribution < 1.29 is 85.3 Å². The number of aromatic nitrogens is 4. The van der Waals surface area contributed by atoms with Crippen molar-refractivity contribution >= 4 is 74.9 Å². The van der Waals surface area contributed by atoms with Crippen molar-refractivity contribution in [2.45, 2.75) is 89.9 Å². The number of imidazole rings is 1. The number of phosphoric acid groups is 3. The summed E-state index contributed by atoms with van der Waals surface area (Å²) in [7, 11) is -16.5. The number of nitrogen functional groups attached to an aromatic ring is 1. The van der Waals surface area contributed by atoms with Crippen molar-refractivity contribution in [1.29, 1.82) is 0 Å². The molecule has 1 fully saturated rings. The van der Waals surface area contributed by atoms with E-state index in [2.05, 4.69) is 53.5 Å².